The lowest BCUT2D eigenvalue weighted by atomic mass is 10.1. The molecule has 0 fully saturated rings. The van der Waals surface area contributed by atoms with Crippen LogP contribution in [-0.2, 0) is 9.53 Å². The van der Waals surface area contributed by atoms with Crippen LogP contribution in [0.25, 0.3) is 0 Å². The highest BCUT2D eigenvalue weighted by atomic mass is 35.5. The molecular formula is C17H13ClFNO5. The van der Waals surface area contributed by atoms with Crippen molar-refractivity contribution in [3.8, 4) is 5.75 Å². The second-order valence-corrected chi connectivity index (χ2v) is 5.47. The molecule has 0 aromatic heterocycles. The maximum absolute atomic E-state index is 13.9. The number of Topliss-reactive ketones (excluding diaryl/α,β-unsaturated/α-hetero) is 1. The summed E-state index contributed by atoms with van der Waals surface area (Å²) < 4.78 is 18.7. The second kappa shape index (κ2) is 7.76. The smallest absolute Gasteiger partial charge is 0.342 e. The van der Waals surface area contributed by atoms with Gasteiger partial charge in [-0.2, -0.15) is 0 Å². The molecule has 0 aliphatic carbocycles. The van der Waals surface area contributed by atoms with Crippen LogP contribution in [-0.4, -0.2) is 29.4 Å². The number of phenolic OH excluding ortho intramolecular Hbond substituents is 1. The molecule has 2 rings (SSSR count). The number of carbonyl (C=O) groups is 3. The normalized spacial score (nSPS) is 10.2. The van der Waals surface area contributed by atoms with Gasteiger partial charge in [0, 0.05) is 17.6 Å². The summed E-state index contributed by atoms with van der Waals surface area (Å²) in [5.74, 6) is -3.35. The van der Waals surface area contributed by atoms with Crippen LogP contribution in [0.5, 0.6) is 5.75 Å². The minimum Gasteiger partial charge on any atom is -0.507 e. The number of ketones is 1. The van der Waals surface area contributed by atoms with Gasteiger partial charge in [-0.25, -0.2) is 9.18 Å². The van der Waals surface area contributed by atoms with Crippen molar-refractivity contribution in [3.63, 3.8) is 0 Å². The molecule has 0 saturated carbocycles. The minimum atomic E-state index is -0.946. The Balaban J connectivity index is 2.04. The summed E-state index contributed by atoms with van der Waals surface area (Å²) in [7, 11) is 0. The van der Waals surface area contributed by atoms with Crippen molar-refractivity contribution in [3.05, 3.63) is 58.4 Å². The molecule has 0 saturated heterocycles. The Morgan fingerprint density at radius 1 is 1.16 bits per heavy atom. The van der Waals surface area contributed by atoms with E-state index in [0.29, 0.717) is 0 Å². The number of phenols is 1. The molecule has 6 nitrogen and oxygen atoms in total. The van der Waals surface area contributed by atoms with Gasteiger partial charge in [0.15, 0.2) is 6.61 Å². The van der Waals surface area contributed by atoms with E-state index in [4.69, 9.17) is 16.3 Å². The number of rotatable bonds is 5. The molecule has 0 radical (unpaired) electrons. The fourth-order valence-electron chi connectivity index (χ4n) is 1.99. The fraction of sp³-hybridized carbons (Fsp3) is 0.118. The molecule has 0 unspecified atom stereocenters. The van der Waals surface area contributed by atoms with Gasteiger partial charge in [-0.1, -0.05) is 11.6 Å². The molecule has 2 aromatic carbocycles. The first-order valence-electron chi connectivity index (χ1n) is 7.04. The Bertz CT molecular complexity index is 853. The fourth-order valence-corrected chi connectivity index (χ4v) is 2.15. The lowest BCUT2D eigenvalue weighted by Gasteiger charge is -2.08. The highest BCUT2D eigenvalue weighted by molar-refractivity contribution is 6.30. The van der Waals surface area contributed by atoms with Crippen LogP contribution in [0.3, 0.4) is 0 Å². The van der Waals surface area contributed by atoms with Crippen molar-refractivity contribution in [1.29, 1.82) is 0 Å². The molecule has 2 aromatic rings. The average Bonchev–Trinajstić information content (AvgIpc) is 2.51. The standard InChI is InChI=1S/C17H13ClFNO5/c1-9(21)20-11-3-5-12(14(19)7-11)16(23)8-25-17(24)13-4-2-10(18)6-15(13)22/h2-7,22H,8H2,1H3,(H,20,21). The largest absolute Gasteiger partial charge is 0.507 e. The van der Waals surface area contributed by atoms with E-state index in [1.165, 1.54) is 31.2 Å². The Labute approximate surface area is 147 Å². The van der Waals surface area contributed by atoms with Gasteiger partial charge < -0.3 is 15.2 Å². The molecule has 2 N–H and O–H groups in total. The molecule has 130 valence electrons. The van der Waals surface area contributed by atoms with Crippen LogP contribution in [0.4, 0.5) is 10.1 Å². The lowest BCUT2D eigenvalue weighted by molar-refractivity contribution is -0.114. The van der Waals surface area contributed by atoms with E-state index in [0.717, 1.165) is 12.1 Å². The molecule has 0 bridgehead atoms. The van der Waals surface area contributed by atoms with Gasteiger partial charge in [0.25, 0.3) is 0 Å². The number of carbonyl (C=O) groups excluding carboxylic acids is 3. The molecule has 0 aliphatic heterocycles. The zero-order valence-electron chi connectivity index (χ0n) is 13.0. The number of benzene rings is 2. The summed E-state index contributed by atoms with van der Waals surface area (Å²) in [4.78, 5) is 34.8. The van der Waals surface area contributed by atoms with Crippen molar-refractivity contribution in [2.24, 2.45) is 0 Å². The Morgan fingerprint density at radius 3 is 2.44 bits per heavy atom. The van der Waals surface area contributed by atoms with Gasteiger partial charge >= 0.3 is 5.97 Å². The van der Waals surface area contributed by atoms with E-state index in [9.17, 15) is 23.9 Å². The van der Waals surface area contributed by atoms with Crippen molar-refractivity contribution in [2.75, 3.05) is 11.9 Å². The first kappa shape index (κ1) is 18.4. The first-order valence-corrected chi connectivity index (χ1v) is 7.41. The zero-order chi connectivity index (χ0) is 18.6. The van der Waals surface area contributed by atoms with E-state index >= 15 is 0 Å². The maximum Gasteiger partial charge on any atom is 0.342 e. The summed E-state index contributed by atoms with van der Waals surface area (Å²) in [5, 5.41) is 12.2. The average molecular weight is 366 g/mol. The number of aromatic hydroxyl groups is 1. The number of ether oxygens (including phenoxy) is 1. The number of esters is 1. The predicted molar refractivity (Wildman–Crippen MR) is 88.4 cm³/mol. The van der Waals surface area contributed by atoms with E-state index in [-0.39, 0.29) is 27.7 Å². The SMILES string of the molecule is CC(=O)Nc1ccc(C(=O)COC(=O)c2ccc(Cl)cc2O)c(F)c1. The summed E-state index contributed by atoms with van der Waals surface area (Å²) in [6.07, 6.45) is 0. The Hall–Kier alpha value is -2.93. The quantitative estimate of drug-likeness (QED) is 0.627. The number of amides is 1. The number of halogens is 2. The molecule has 0 spiro atoms. The summed E-state index contributed by atoms with van der Waals surface area (Å²) in [6, 6.07) is 7.29. The molecule has 1 amide bonds. The van der Waals surface area contributed by atoms with Crippen molar-refractivity contribution >= 4 is 34.9 Å². The second-order valence-electron chi connectivity index (χ2n) is 5.04. The van der Waals surface area contributed by atoms with Crippen LogP contribution in [0.1, 0.15) is 27.6 Å². The monoisotopic (exact) mass is 365 g/mol. The van der Waals surface area contributed by atoms with Gasteiger partial charge in [-0.3, -0.25) is 9.59 Å². The van der Waals surface area contributed by atoms with E-state index < -0.39 is 29.9 Å². The number of hydrogen-bond donors (Lipinski definition) is 2. The van der Waals surface area contributed by atoms with Crippen LogP contribution in [0.15, 0.2) is 36.4 Å². The highest BCUT2D eigenvalue weighted by Gasteiger charge is 2.18. The third-order valence-corrected chi connectivity index (χ3v) is 3.34. The highest BCUT2D eigenvalue weighted by Crippen LogP contribution is 2.22. The predicted octanol–water partition coefficient (Wildman–Crippen LogP) is 3.18. The van der Waals surface area contributed by atoms with Crippen LogP contribution in [0, 0.1) is 5.82 Å². The van der Waals surface area contributed by atoms with Crippen LogP contribution in [0.2, 0.25) is 5.02 Å². The Kier molecular flexibility index (Phi) is 5.71. The lowest BCUT2D eigenvalue weighted by Crippen LogP contribution is -2.16. The summed E-state index contributed by atoms with van der Waals surface area (Å²) in [6.45, 7) is 0.555. The third-order valence-electron chi connectivity index (χ3n) is 3.10. The number of anilines is 1. The first-order chi connectivity index (χ1) is 11.8. The van der Waals surface area contributed by atoms with Crippen molar-refractivity contribution < 1.29 is 28.6 Å². The van der Waals surface area contributed by atoms with E-state index in [2.05, 4.69) is 5.32 Å². The van der Waals surface area contributed by atoms with Gasteiger partial charge in [-0.05, 0) is 36.4 Å². The maximum atomic E-state index is 13.9. The van der Waals surface area contributed by atoms with Crippen LogP contribution < -0.4 is 5.32 Å². The van der Waals surface area contributed by atoms with Gasteiger partial charge in [0.2, 0.25) is 11.7 Å². The third kappa shape index (κ3) is 4.77. The van der Waals surface area contributed by atoms with E-state index in [1.54, 1.807) is 0 Å². The zero-order valence-corrected chi connectivity index (χ0v) is 13.8. The van der Waals surface area contributed by atoms with Crippen molar-refractivity contribution in [2.45, 2.75) is 6.92 Å². The molecule has 8 heteroatoms. The molecule has 0 heterocycles. The van der Waals surface area contributed by atoms with Gasteiger partial charge in [0.05, 0.1) is 5.56 Å². The van der Waals surface area contributed by atoms with Gasteiger partial charge in [-0.15, -0.1) is 0 Å². The molecular weight excluding hydrogens is 353 g/mol. The number of nitrogens with one attached hydrogen (secondary N) is 1. The molecule has 25 heavy (non-hydrogen) atoms. The van der Waals surface area contributed by atoms with Crippen LogP contribution >= 0.6 is 11.6 Å². The minimum absolute atomic E-state index is 0.168. The van der Waals surface area contributed by atoms with Crippen molar-refractivity contribution in [1.82, 2.24) is 0 Å². The Morgan fingerprint density at radius 2 is 1.84 bits per heavy atom. The van der Waals surface area contributed by atoms with Gasteiger partial charge in [0.1, 0.15) is 17.1 Å². The molecule has 0 atom stereocenters. The summed E-state index contributed by atoms with van der Waals surface area (Å²) in [5.41, 5.74) is -0.259. The summed E-state index contributed by atoms with van der Waals surface area (Å²) >= 11 is 5.66. The van der Waals surface area contributed by atoms with E-state index in [1.807, 2.05) is 0 Å². The topological polar surface area (TPSA) is 92.7 Å². The number of hydrogen-bond acceptors (Lipinski definition) is 5. The molecule has 0 aliphatic rings.